The van der Waals surface area contributed by atoms with E-state index in [1.807, 2.05) is 30.3 Å². The van der Waals surface area contributed by atoms with E-state index in [0.717, 1.165) is 26.5 Å². The molecule has 0 bridgehead atoms. The topological polar surface area (TPSA) is 90.6 Å². The third kappa shape index (κ3) is 4.95. The predicted molar refractivity (Wildman–Crippen MR) is 117 cm³/mol. The maximum Gasteiger partial charge on any atom is 0.330 e. The first-order valence-electron chi connectivity index (χ1n) is 9.76. The van der Waals surface area contributed by atoms with Crippen molar-refractivity contribution in [2.45, 2.75) is 25.0 Å². The molecule has 9 heteroatoms. The van der Waals surface area contributed by atoms with Crippen molar-refractivity contribution in [3.05, 3.63) is 92.8 Å². The summed E-state index contributed by atoms with van der Waals surface area (Å²) < 4.78 is 35.0. The van der Waals surface area contributed by atoms with Crippen molar-refractivity contribution in [2.24, 2.45) is 14.1 Å². The molecule has 3 rings (SSSR count). The van der Waals surface area contributed by atoms with Crippen LogP contribution in [0.3, 0.4) is 0 Å². The van der Waals surface area contributed by atoms with Crippen LogP contribution in [0.2, 0.25) is 0 Å². The van der Waals surface area contributed by atoms with Gasteiger partial charge in [0, 0.05) is 33.4 Å². The summed E-state index contributed by atoms with van der Waals surface area (Å²) in [6.07, 6.45) is 1.07. The van der Waals surface area contributed by atoms with E-state index >= 15 is 0 Å². The number of hydrogen-bond donors (Lipinski definition) is 0. The Hall–Kier alpha value is -3.17. The Bertz CT molecular complexity index is 1260. The zero-order valence-electron chi connectivity index (χ0n) is 17.7. The molecule has 8 nitrogen and oxygen atoms in total. The maximum atomic E-state index is 13.1. The second kappa shape index (κ2) is 9.32. The minimum atomic E-state index is -4.09. The van der Waals surface area contributed by atoms with Crippen LogP contribution in [0, 0.1) is 0 Å². The van der Waals surface area contributed by atoms with Crippen molar-refractivity contribution >= 4 is 10.0 Å². The number of benzene rings is 2. The van der Waals surface area contributed by atoms with Crippen LogP contribution in [-0.2, 0) is 37.3 Å². The van der Waals surface area contributed by atoms with Gasteiger partial charge in [0.1, 0.15) is 12.4 Å². The van der Waals surface area contributed by atoms with E-state index < -0.39 is 26.2 Å². The van der Waals surface area contributed by atoms with Gasteiger partial charge in [0.05, 0.1) is 0 Å². The third-order valence-corrected chi connectivity index (χ3v) is 6.82. The molecule has 0 aliphatic heterocycles. The summed E-state index contributed by atoms with van der Waals surface area (Å²) in [5.41, 5.74) is 0.372. The SMILES string of the molecule is CCN(Cc1ccc(OCc2ccccc2)cc1)S(=O)(=O)c1cn(C)c(=O)n(C)c1=O. The predicted octanol–water partition coefficient (Wildman–Crippen LogP) is 1.87. The molecular formula is C22H25N3O5S. The molecule has 0 saturated heterocycles. The molecule has 2 aromatic carbocycles. The van der Waals surface area contributed by atoms with Crippen LogP contribution in [0.15, 0.2) is 75.3 Å². The van der Waals surface area contributed by atoms with Crippen molar-refractivity contribution < 1.29 is 13.2 Å². The highest BCUT2D eigenvalue weighted by Gasteiger charge is 2.28. The molecule has 1 heterocycles. The highest BCUT2D eigenvalue weighted by Crippen LogP contribution is 2.18. The summed E-state index contributed by atoms with van der Waals surface area (Å²) in [5.74, 6) is 0.672. The van der Waals surface area contributed by atoms with Crippen molar-refractivity contribution in [1.82, 2.24) is 13.4 Å². The van der Waals surface area contributed by atoms with Gasteiger partial charge in [0.25, 0.3) is 5.56 Å². The molecule has 0 spiro atoms. The number of ether oxygens (including phenoxy) is 1. The Kier molecular flexibility index (Phi) is 6.77. The number of hydrogen-bond acceptors (Lipinski definition) is 5. The second-order valence-corrected chi connectivity index (χ2v) is 9.01. The van der Waals surface area contributed by atoms with Crippen LogP contribution in [0.4, 0.5) is 0 Å². The highest BCUT2D eigenvalue weighted by atomic mass is 32.2. The summed E-state index contributed by atoms with van der Waals surface area (Å²) in [7, 11) is -1.42. The summed E-state index contributed by atoms with van der Waals surface area (Å²) in [5, 5.41) is 0. The zero-order valence-corrected chi connectivity index (χ0v) is 18.5. The van der Waals surface area contributed by atoms with Gasteiger partial charge < -0.3 is 9.30 Å². The monoisotopic (exact) mass is 443 g/mol. The summed E-state index contributed by atoms with van der Waals surface area (Å²) in [6, 6.07) is 16.9. The summed E-state index contributed by atoms with van der Waals surface area (Å²) >= 11 is 0. The van der Waals surface area contributed by atoms with Crippen LogP contribution in [0.25, 0.3) is 0 Å². The summed E-state index contributed by atoms with van der Waals surface area (Å²) in [6.45, 7) is 2.39. The van der Waals surface area contributed by atoms with E-state index in [1.54, 1.807) is 31.2 Å². The van der Waals surface area contributed by atoms with Gasteiger partial charge in [-0.25, -0.2) is 13.2 Å². The standard InChI is InChI=1S/C22H25N3O5S/c1-4-25(31(28,29)20-15-23(2)22(27)24(3)21(20)26)14-17-10-12-19(13-11-17)30-16-18-8-6-5-7-9-18/h5-13,15H,4,14,16H2,1-3H3. The summed E-state index contributed by atoms with van der Waals surface area (Å²) in [4.78, 5) is 23.9. The van der Waals surface area contributed by atoms with Crippen molar-refractivity contribution in [3.8, 4) is 5.75 Å². The Morgan fingerprint density at radius 1 is 0.935 bits per heavy atom. The number of aryl methyl sites for hydroxylation is 1. The number of aromatic nitrogens is 2. The van der Waals surface area contributed by atoms with Crippen LogP contribution < -0.4 is 16.0 Å². The first kappa shape index (κ1) is 22.5. The molecule has 3 aromatic rings. The van der Waals surface area contributed by atoms with Gasteiger partial charge in [-0.1, -0.05) is 49.4 Å². The van der Waals surface area contributed by atoms with Crippen LogP contribution in [-0.4, -0.2) is 28.4 Å². The lowest BCUT2D eigenvalue weighted by Gasteiger charge is -2.21. The average molecular weight is 444 g/mol. The maximum absolute atomic E-state index is 13.1. The molecule has 0 saturated carbocycles. The van der Waals surface area contributed by atoms with Crippen LogP contribution in [0.1, 0.15) is 18.1 Å². The molecule has 0 aliphatic carbocycles. The Labute approximate surface area is 181 Å². The Balaban J connectivity index is 1.78. The smallest absolute Gasteiger partial charge is 0.330 e. The lowest BCUT2D eigenvalue weighted by Crippen LogP contribution is -2.42. The van der Waals surface area contributed by atoms with Gasteiger partial charge in [0.2, 0.25) is 10.0 Å². The molecule has 0 amide bonds. The van der Waals surface area contributed by atoms with E-state index in [9.17, 15) is 18.0 Å². The average Bonchev–Trinajstić information content (AvgIpc) is 2.78. The van der Waals surface area contributed by atoms with E-state index in [4.69, 9.17) is 4.74 Å². The third-order valence-electron chi connectivity index (χ3n) is 4.92. The van der Waals surface area contributed by atoms with Gasteiger partial charge in [-0.15, -0.1) is 0 Å². The van der Waals surface area contributed by atoms with E-state index in [0.29, 0.717) is 12.4 Å². The van der Waals surface area contributed by atoms with E-state index in [-0.39, 0.29) is 13.1 Å². The van der Waals surface area contributed by atoms with Gasteiger partial charge in [-0.05, 0) is 23.3 Å². The van der Waals surface area contributed by atoms with Crippen molar-refractivity contribution in [1.29, 1.82) is 0 Å². The lowest BCUT2D eigenvalue weighted by atomic mass is 10.2. The molecule has 0 radical (unpaired) electrons. The van der Waals surface area contributed by atoms with Crippen LogP contribution >= 0.6 is 0 Å². The molecule has 0 fully saturated rings. The molecular weight excluding hydrogens is 418 g/mol. The fraction of sp³-hybridized carbons (Fsp3) is 0.273. The first-order chi connectivity index (χ1) is 14.7. The fourth-order valence-corrected chi connectivity index (χ4v) is 4.68. The Morgan fingerprint density at radius 3 is 2.19 bits per heavy atom. The second-order valence-electron chi connectivity index (χ2n) is 7.10. The van der Waals surface area contributed by atoms with Crippen molar-refractivity contribution in [3.63, 3.8) is 0 Å². The fourth-order valence-electron chi connectivity index (χ4n) is 3.09. The normalized spacial score (nSPS) is 11.6. The lowest BCUT2D eigenvalue weighted by molar-refractivity contribution is 0.306. The molecule has 0 atom stereocenters. The number of sulfonamides is 1. The number of rotatable bonds is 8. The Morgan fingerprint density at radius 2 is 1.58 bits per heavy atom. The first-order valence-corrected chi connectivity index (χ1v) is 11.2. The van der Waals surface area contributed by atoms with Gasteiger partial charge in [-0.3, -0.25) is 9.36 Å². The molecule has 164 valence electrons. The van der Waals surface area contributed by atoms with Crippen LogP contribution in [0.5, 0.6) is 5.75 Å². The number of nitrogens with zero attached hydrogens (tertiary/aromatic N) is 3. The minimum Gasteiger partial charge on any atom is -0.489 e. The van der Waals surface area contributed by atoms with E-state index in [2.05, 4.69) is 0 Å². The minimum absolute atomic E-state index is 0.0871. The van der Waals surface area contributed by atoms with Gasteiger partial charge >= 0.3 is 5.69 Å². The molecule has 1 aromatic heterocycles. The largest absolute Gasteiger partial charge is 0.489 e. The van der Waals surface area contributed by atoms with E-state index in [1.165, 1.54) is 18.4 Å². The highest BCUT2D eigenvalue weighted by molar-refractivity contribution is 7.89. The molecule has 0 N–H and O–H groups in total. The van der Waals surface area contributed by atoms with Gasteiger partial charge in [-0.2, -0.15) is 4.31 Å². The zero-order chi connectivity index (χ0) is 22.6. The molecule has 31 heavy (non-hydrogen) atoms. The van der Waals surface area contributed by atoms with Crippen molar-refractivity contribution in [2.75, 3.05) is 6.54 Å². The van der Waals surface area contributed by atoms with Gasteiger partial charge in [0.15, 0.2) is 4.90 Å². The molecule has 0 aliphatic rings. The quantitative estimate of drug-likeness (QED) is 0.530. The molecule has 0 unspecified atom stereocenters.